The molecule has 1 rings (SSSR count). The van der Waals surface area contributed by atoms with Crippen molar-refractivity contribution in [1.82, 2.24) is 4.98 Å². The van der Waals surface area contributed by atoms with Gasteiger partial charge < -0.3 is 0 Å². The number of hydrogen-bond acceptors (Lipinski definition) is 1. The van der Waals surface area contributed by atoms with Crippen LogP contribution < -0.4 is 0 Å². The van der Waals surface area contributed by atoms with Gasteiger partial charge in [-0.25, -0.2) is 0 Å². The quantitative estimate of drug-likeness (QED) is 0.584. The van der Waals surface area contributed by atoms with Crippen LogP contribution in [-0.4, -0.2) is 4.98 Å². The molecule has 1 aromatic rings. The Morgan fingerprint density at radius 1 is 1.09 bits per heavy atom. The molecule has 0 radical (unpaired) electrons. The largest absolute Gasteiger partial charge is 0.234 e. The molecular formula is C6H3Cl2F2N. The van der Waals surface area contributed by atoms with E-state index in [1.165, 1.54) is 6.92 Å². The lowest BCUT2D eigenvalue weighted by atomic mass is 10.3. The van der Waals surface area contributed by atoms with Crippen molar-refractivity contribution in [3.63, 3.8) is 0 Å². The molecule has 1 aromatic heterocycles. The highest BCUT2D eigenvalue weighted by molar-refractivity contribution is 6.35. The van der Waals surface area contributed by atoms with Crippen molar-refractivity contribution in [2.75, 3.05) is 0 Å². The molecule has 0 aliphatic rings. The minimum absolute atomic E-state index is 0.165. The molecule has 60 valence electrons. The highest BCUT2D eigenvalue weighted by Crippen LogP contribution is 2.26. The zero-order valence-electron chi connectivity index (χ0n) is 5.46. The van der Waals surface area contributed by atoms with Gasteiger partial charge in [-0.1, -0.05) is 23.2 Å². The molecule has 0 atom stereocenters. The van der Waals surface area contributed by atoms with Gasteiger partial charge in [0.2, 0.25) is 11.9 Å². The molecule has 5 heteroatoms. The molecule has 0 amide bonds. The van der Waals surface area contributed by atoms with E-state index < -0.39 is 11.9 Å². The summed E-state index contributed by atoms with van der Waals surface area (Å²) in [4.78, 5) is 2.84. The summed E-state index contributed by atoms with van der Waals surface area (Å²) < 4.78 is 25.0. The van der Waals surface area contributed by atoms with Gasteiger partial charge in [-0.15, -0.1) is 0 Å². The van der Waals surface area contributed by atoms with Gasteiger partial charge in [0.05, 0.1) is 0 Å². The summed E-state index contributed by atoms with van der Waals surface area (Å²) in [7, 11) is 0. The zero-order chi connectivity index (χ0) is 8.59. The van der Waals surface area contributed by atoms with Gasteiger partial charge in [-0.3, -0.25) is 0 Å². The third kappa shape index (κ3) is 1.44. The fraction of sp³-hybridized carbons (Fsp3) is 0.167. The van der Waals surface area contributed by atoms with Gasteiger partial charge in [0.25, 0.3) is 0 Å². The van der Waals surface area contributed by atoms with Crippen molar-refractivity contribution in [3.8, 4) is 0 Å². The summed E-state index contributed by atoms with van der Waals surface area (Å²) in [6.45, 7) is 1.42. The average molecular weight is 198 g/mol. The van der Waals surface area contributed by atoms with E-state index in [0.717, 1.165) is 0 Å². The molecule has 0 aliphatic heterocycles. The number of nitrogens with zero attached hydrogens (tertiary/aromatic N) is 1. The molecule has 1 nitrogen and oxygen atoms in total. The first-order valence-electron chi connectivity index (χ1n) is 2.70. The van der Waals surface area contributed by atoms with Crippen LogP contribution in [0.2, 0.25) is 10.0 Å². The first-order chi connectivity index (χ1) is 5.04. The predicted molar refractivity (Wildman–Crippen MR) is 38.9 cm³/mol. The van der Waals surface area contributed by atoms with E-state index in [9.17, 15) is 8.78 Å². The molecule has 0 aliphatic carbocycles. The molecule has 1 heterocycles. The Balaban J connectivity index is 3.46. The highest BCUT2D eigenvalue weighted by atomic mass is 35.5. The van der Waals surface area contributed by atoms with Gasteiger partial charge in [0, 0.05) is 0 Å². The topological polar surface area (TPSA) is 12.9 Å². The molecule has 0 unspecified atom stereocenters. The van der Waals surface area contributed by atoms with Crippen molar-refractivity contribution < 1.29 is 8.78 Å². The van der Waals surface area contributed by atoms with Gasteiger partial charge in [-0.2, -0.15) is 13.8 Å². The Bertz CT molecular complexity index is 275. The lowest BCUT2D eigenvalue weighted by Crippen LogP contribution is -1.94. The fourth-order valence-electron chi connectivity index (χ4n) is 0.590. The van der Waals surface area contributed by atoms with E-state index in [2.05, 4.69) is 4.98 Å². The van der Waals surface area contributed by atoms with Gasteiger partial charge in [0.15, 0.2) is 0 Å². The van der Waals surface area contributed by atoms with E-state index in [0.29, 0.717) is 0 Å². The van der Waals surface area contributed by atoms with E-state index in [-0.39, 0.29) is 15.6 Å². The maximum atomic E-state index is 12.5. The lowest BCUT2D eigenvalue weighted by molar-refractivity contribution is 0.511. The van der Waals surface area contributed by atoms with Gasteiger partial charge in [-0.05, 0) is 12.5 Å². The summed E-state index contributed by atoms with van der Waals surface area (Å²) in [6, 6.07) is 0. The van der Waals surface area contributed by atoms with Crippen LogP contribution in [0.5, 0.6) is 0 Å². The molecule has 0 fully saturated rings. The fourth-order valence-corrected chi connectivity index (χ4v) is 0.912. The summed E-state index contributed by atoms with van der Waals surface area (Å²) in [6.07, 6.45) is 0. The Kier molecular flexibility index (Phi) is 2.30. The number of pyridine rings is 1. The molecule has 0 spiro atoms. The van der Waals surface area contributed by atoms with Crippen molar-refractivity contribution in [3.05, 3.63) is 27.5 Å². The molecular weight excluding hydrogens is 195 g/mol. The van der Waals surface area contributed by atoms with Crippen LogP contribution >= 0.6 is 23.2 Å². The Morgan fingerprint density at radius 2 is 1.45 bits per heavy atom. The van der Waals surface area contributed by atoms with Crippen molar-refractivity contribution >= 4 is 23.2 Å². The maximum Gasteiger partial charge on any atom is 0.234 e. The van der Waals surface area contributed by atoms with Crippen molar-refractivity contribution in [2.45, 2.75) is 6.92 Å². The van der Waals surface area contributed by atoms with Crippen LogP contribution in [-0.2, 0) is 0 Å². The maximum absolute atomic E-state index is 12.5. The second kappa shape index (κ2) is 2.91. The van der Waals surface area contributed by atoms with E-state index in [1.54, 1.807) is 0 Å². The first-order valence-corrected chi connectivity index (χ1v) is 3.46. The molecule has 0 N–H and O–H groups in total. The average Bonchev–Trinajstić information content (AvgIpc) is 1.97. The van der Waals surface area contributed by atoms with Crippen LogP contribution in [0.15, 0.2) is 0 Å². The minimum Gasteiger partial charge on any atom is -0.188 e. The van der Waals surface area contributed by atoms with E-state index >= 15 is 0 Å². The van der Waals surface area contributed by atoms with Crippen LogP contribution in [0.3, 0.4) is 0 Å². The van der Waals surface area contributed by atoms with Crippen LogP contribution in [0.4, 0.5) is 8.78 Å². The second-order valence-corrected chi connectivity index (χ2v) is 2.70. The monoisotopic (exact) mass is 197 g/mol. The molecule has 11 heavy (non-hydrogen) atoms. The summed E-state index contributed by atoms with van der Waals surface area (Å²) >= 11 is 10.7. The Hall–Kier alpha value is -0.410. The van der Waals surface area contributed by atoms with Crippen LogP contribution in [0.25, 0.3) is 0 Å². The summed E-state index contributed by atoms with van der Waals surface area (Å²) in [5.41, 5.74) is 0.165. The van der Waals surface area contributed by atoms with Crippen LogP contribution in [0.1, 0.15) is 5.56 Å². The number of rotatable bonds is 0. The minimum atomic E-state index is -1.04. The first kappa shape index (κ1) is 8.68. The molecule has 0 saturated heterocycles. The third-order valence-corrected chi connectivity index (χ3v) is 2.10. The lowest BCUT2D eigenvalue weighted by Gasteiger charge is -2.00. The smallest absolute Gasteiger partial charge is 0.188 e. The number of aromatic nitrogens is 1. The zero-order valence-corrected chi connectivity index (χ0v) is 6.97. The normalized spacial score (nSPS) is 10.3. The summed E-state index contributed by atoms with van der Waals surface area (Å²) in [5.74, 6) is -2.07. The van der Waals surface area contributed by atoms with E-state index in [4.69, 9.17) is 23.2 Å². The molecule has 0 saturated carbocycles. The van der Waals surface area contributed by atoms with Crippen molar-refractivity contribution in [2.24, 2.45) is 0 Å². The van der Waals surface area contributed by atoms with Crippen molar-refractivity contribution in [1.29, 1.82) is 0 Å². The number of halogens is 4. The van der Waals surface area contributed by atoms with Gasteiger partial charge in [0.1, 0.15) is 10.0 Å². The number of hydrogen-bond donors (Lipinski definition) is 0. The second-order valence-electron chi connectivity index (χ2n) is 1.95. The Morgan fingerprint density at radius 3 is 1.82 bits per heavy atom. The van der Waals surface area contributed by atoms with E-state index in [1.807, 2.05) is 0 Å². The Labute approximate surface area is 72.0 Å². The molecule has 0 bridgehead atoms. The summed E-state index contributed by atoms with van der Waals surface area (Å²) in [5, 5.41) is -0.479. The van der Waals surface area contributed by atoms with Gasteiger partial charge >= 0.3 is 0 Å². The van der Waals surface area contributed by atoms with Crippen LogP contribution in [0, 0.1) is 18.8 Å². The SMILES string of the molecule is Cc1c(Cl)c(F)nc(F)c1Cl. The predicted octanol–water partition coefficient (Wildman–Crippen LogP) is 2.98. The standard InChI is InChI=1S/C6H3Cl2F2N/c1-2-3(7)5(9)11-6(10)4(2)8/h1H3. The highest BCUT2D eigenvalue weighted by Gasteiger charge is 2.13. The third-order valence-electron chi connectivity index (χ3n) is 1.22. The molecule has 0 aromatic carbocycles.